The summed E-state index contributed by atoms with van der Waals surface area (Å²) in [5, 5.41) is 9.02. The van der Waals surface area contributed by atoms with Crippen LogP contribution in [0.4, 0.5) is 0 Å². The number of fused-ring (bicyclic) bond motifs is 1. The number of aromatic nitrogens is 2. The molecule has 0 atom stereocenters. The number of nitrogens with one attached hydrogen (secondary N) is 1. The van der Waals surface area contributed by atoms with Gasteiger partial charge in [-0.3, -0.25) is 4.68 Å². The highest BCUT2D eigenvalue weighted by atomic mass is 16.3. The molecule has 1 saturated carbocycles. The van der Waals surface area contributed by atoms with Crippen molar-refractivity contribution in [1.29, 1.82) is 0 Å². The first kappa shape index (κ1) is 11.7. The summed E-state index contributed by atoms with van der Waals surface area (Å²) in [7, 11) is 0. The molecule has 2 aromatic heterocycles. The molecular weight excluding hydrogens is 250 g/mol. The molecule has 0 saturated heterocycles. The maximum atomic E-state index is 6.02. The SMILES string of the molecule is c1ccc2c(Cn3cccn3)c(CNC3CC3)oc2c1. The highest BCUT2D eigenvalue weighted by Gasteiger charge is 2.22. The third kappa shape index (κ3) is 2.23. The maximum Gasteiger partial charge on any atom is 0.134 e. The van der Waals surface area contributed by atoms with E-state index in [-0.39, 0.29) is 0 Å². The first-order chi connectivity index (χ1) is 9.90. The molecule has 0 spiro atoms. The minimum absolute atomic E-state index is 0.681. The zero-order chi connectivity index (χ0) is 13.4. The van der Waals surface area contributed by atoms with Gasteiger partial charge in [0.05, 0.1) is 13.1 Å². The van der Waals surface area contributed by atoms with E-state index >= 15 is 0 Å². The number of rotatable bonds is 5. The summed E-state index contributed by atoms with van der Waals surface area (Å²) in [5.41, 5.74) is 2.19. The number of nitrogens with zero attached hydrogens (tertiary/aromatic N) is 2. The van der Waals surface area contributed by atoms with Crippen molar-refractivity contribution < 1.29 is 4.42 Å². The smallest absolute Gasteiger partial charge is 0.134 e. The van der Waals surface area contributed by atoms with Gasteiger partial charge in [0, 0.05) is 29.4 Å². The Bertz CT molecular complexity index is 710. The fraction of sp³-hybridized carbons (Fsp3) is 0.312. The number of furan rings is 1. The van der Waals surface area contributed by atoms with E-state index in [1.807, 2.05) is 35.3 Å². The molecule has 2 heterocycles. The summed E-state index contributed by atoms with van der Waals surface area (Å²) in [6, 6.07) is 10.9. The molecule has 4 heteroatoms. The van der Waals surface area contributed by atoms with E-state index in [9.17, 15) is 0 Å². The number of hydrogen-bond acceptors (Lipinski definition) is 3. The molecule has 102 valence electrons. The molecule has 0 bridgehead atoms. The minimum Gasteiger partial charge on any atom is -0.459 e. The molecule has 1 aliphatic carbocycles. The van der Waals surface area contributed by atoms with Crippen molar-refractivity contribution >= 4 is 11.0 Å². The molecule has 1 aromatic carbocycles. The van der Waals surface area contributed by atoms with Crippen LogP contribution in [0.25, 0.3) is 11.0 Å². The third-order valence-corrected chi connectivity index (χ3v) is 3.79. The van der Waals surface area contributed by atoms with Crippen LogP contribution in [-0.4, -0.2) is 15.8 Å². The van der Waals surface area contributed by atoms with Crippen molar-refractivity contribution in [2.75, 3.05) is 0 Å². The van der Waals surface area contributed by atoms with Crippen LogP contribution in [0.3, 0.4) is 0 Å². The molecule has 0 radical (unpaired) electrons. The van der Waals surface area contributed by atoms with E-state index in [1.54, 1.807) is 0 Å². The van der Waals surface area contributed by atoms with Crippen LogP contribution in [0.1, 0.15) is 24.2 Å². The number of hydrogen-bond donors (Lipinski definition) is 1. The van der Waals surface area contributed by atoms with Crippen molar-refractivity contribution in [2.45, 2.75) is 32.0 Å². The summed E-state index contributed by atoms with van der Waals surface area (Å²) < 4.78 is 7.96. The van der Waals surface area contributed by atoms with Crippen molar-refractivity contribution in [3.8, 4) is 0 Å². The predicted octanol–water partition coefficient (Wildman–Crippen LogP) is 2.93. The quantitative estimate of drug-likeness (QED) is 0.773. The Morgan fingerprint density at radius 1 is 1.25 bits per heavy atom. The van der Waals surface area contributed by atoms with Gasteiger partial charge in [0.25, 0.3) is 0 Å². The molecule has 1 aliphatic rings. The first-order valence-corrected chi connectivity index (χ1v) is 7.10. The Hall–Kier alpha value is -2.07. The van der Waals surface area contributed by atoms with E-state index in [0.717, 1.165) is 24.4 Å². The Labute approximate surface area is 117 Å². The van der Waals surface area contributed by atoms with Crippen LogP contribution in [0.2, 0.25) is 0 Å². The fourth-order valence-corrected chi connectivity index (χ4v) is 2.55. The third-order valence-electron chi connectivity index (χ3n) is 3.79. The average molecular weight is 267 g/mol. The van der Waals surface area contributed by atoms with Crippen molar-refractivity contribution in [1.82, 2.24) is 15.1 Å². The fourth-order valence-electron chi connectivity index (χ4n) is 2.55. The molecule has 4 rings (SSSR count). The molecule has 0 unspecified atom stereocenters. The van der Waals surface area contributed by atoms with E-state index in [4.69, 9.17) is 4.42 Å². The van der Waals surface area contributed by atoms with Gasteiger partial charge in [-0.05, 0) is 25.0 Å². The maximum absolute atomic E-state index is 6.02. The van der Waals surface area contributed by atoms with E-state index in [0.29, 0.717) is 6.04 Å². The molecule has 1 N–H and O–H groups in total. The van der Waals surface area contributed by atoms with Gasteiger partial charge in [-0.15, -0.1) is 0 Å². The van der Waals surface area contributed by atoms with Crippen molar-refractivity contribution in [3.05, 3.63) is 54.0 Å². The zero-order valence-electron chi connectivity index (χ0n) is 11.2. The normalized spacial score (nSPS) is 15.0. The Morgan fingerprint density at radius 2 is 2.15 bits per heavy atom. The van der Waals surface area contributed by atoms with Gasteiger partial charge >= 0.3 is 0 Å². The van der Waals surface area contributed by atoms with Gasteiger partial charge in [-0.1, -0.05) is 18.2 Å². The van der Waals surface area contributed by atoms with Gasteiger partial charge in [-0.25, -0.2) is 0 Å². The largest absolute Gasteiger partial charge is 0.459 e. The summed E-state index contributed by atoms with van der Waals surface area (Å²) in [6.07, 6.45) is 6.37. The molecule has 0 aliphatic heterocycles. The highest BCUT2D eigenvalue weighted by Crippen LogP contribution is 2.27. The lowest BCUT2D eigenvalue weighted by atomic mass is 10.1. The molecule has 4 nitrogen and oxygen atoms in total. The molecule has 20 heavy (non-hydrogen) atoms. The molecule has 1 fully saturated rings. The lowest BCUT2D eigenvalue weighted by molar-refractivity contribution is 0.501. The molecular formula is C16H17N3O. The predicted molar refractivity (Wildman–Crippen MR) is 77.4 cm³/mol. The lowest BCUT2D eigenvalue weighted by Crippen LogP contribution is -2.16. The zero-order valence-corrected chi connectivity index (χ0v) is 11.2. The number of benzene rings is 1. The van der Waals surface area contributed by atoms with Crippen LogP contribution in [0.15, 0.2) is 47.1 Å². The van der Waals surface area contributed by atoms with Gasteiger partial charge in [-0.2, -0.15) is 5.10 Å². The van der Waals surface area contributed by atoms with Crippen LogP contribution in [-0.2, 0) is 13.1 Å². The second-order valence-electron chi connectivity index (χ2n) is 5.36. The standard InChI is InChI=1S/C16H17N3O/c1-2-5-15-13(4-1)14(11-19-9-3-8-18-19)16(20-15)10-17-12-6-7-12/h1-5,8-9,12,17H,6-7,10-11H2. The number of para-hydroxylation sites is 1. The van der Waals surface area contributed by atoms with Gasteiger partial charge in [0.1, 0.15) is 11.3 Å². The molecule has 3 aromatic rings. The Kier molecular flexibility index (Phi) is 2.81. The average Bonchev–Trinajstić information content (AvgIpc) is 3.04. The van der Waals surface area contributed by atoms with Crippen molar-refractivity contribution in [2.24, 2.45) is 0 Å². The van der Waals surface area contributed by atoms with Crippen LogP contribution in [0, 0.1) is 0 Å². The Balaban J connectivity index is 1.71. The molecule has 0 amide bonds. The lowest BCUT2D eigenvalue weighted by Gasteiger charge is -2.05. The summed E-state index contributed by atoms with van der Waals surface area (Å²) in [5.74, 6) is 1.04. The topological polar surface area (TPSA) is 43.0 Å². The second-order valence-corrected chi connectivity index (χ2v) is 5.36. The highest BCUT2D eigenvalue weighted by molar-refractivity contribution is 5.82. The van der Waals surface area contributed by atoms with Gasteiger partial charge in [0.15, 0.2) is 0 Å². The summed E-state index contributed by atoms with van der Waals surface area (Å²) >= 11 is 0. The van der Waals surface area contributed by atoms with Crippen LogP contribution >= 0.6 is 0 Å². The monoisotopic (exact) mass is 267 g/mol. The van der Waals surface area contributed by atoms with E-state index in [2.05, 4.69) is 22.5 Å². The van der Waals surface area contributed by atoms with Crippen molar-refractivity contribution in [3.63, 3.8) is 0 Å². The summed E-state index contributed by atoms with van der Waals surface area (Å²) in [4.78, 5) is 0. The van der Waals surface area contributed by atoms with Crippen LogP contribution < -0.4 is 5.32 Å². The van der Waals surface area contributed by atoms with Gasteiger partial charge < -0.3 is 9.73 Å². The Morgan fingerprint density at radius 3 is 2.95 bits per heavy atom. The summed E-state index contributed by atoms with van der Waals surface area (Å²) in [6.45, 7) is 1.56. The van der Waals surface area contributed by atoms with E-state index < -0.39 is 0 Å². The second kappa shape index (κ2) is 4.80. The van der Waals surface area contributed by atoms with E-state index in [1.165, 1.54) is 23.8 Å². The first-order valence-electron chi connectivity index (χ1n) is 7.10. The minimum atomic E-state index is 0.681. The van der Waals surface area contributed by atoms with Crippen LogP contribution in [0.5, 0.6) is 0 Å². The van der Waals surface area contributed by atoms with Gasteiger partial charge in [0.2, 0.25) is 0 Å².